The number of nitrogens with zero attached hydrogens (tertiary/aromatic N) is 5. The smallest absolute Gasteiger partial charge is 0.239 e. The lowest BCUT2D eigenvalue weighted by molar-refractivity contribution is -0.130. The Labute approximate surface area is 201 Å². The summed E-state index contributed by atoms with van der Waals surface area (Å²) in [6, 6.07) is 17.7. The van der Waals surface area contributed by atoms with Crippen LogP contribution in [0.25, 0.3) is 22.0 Å². The van der Waals surface area contributed by atoms with Crippen molar-refractivity contribution in [2.24, 2.45) is 10.7 Å². The first-order chi connectivity index (χ1) is 16.3. The third-order valence-electron chi connectivity index (χ3n) is 6.49. The molecule has 1 aliphatic rings. The maximum Gasteiger partial charge on any atom is 0.239 e. The number of hydrogen-bond donors (Lipinski definition) is 1. The first-order valence-corrected chi connectivity index (χ1v) is 11.9. The Morgan fingerprint density at radius 1 is 1.21 bits per heavy atom. The van der Waals surface area contributed by atoms with Crippen LogP contribution in [-0.4, -0.2) is 33.6 Å². The van der Waals surface area contributed by atoms with E-state index in [4.69, 9.17) is 10.7 Å². The van der Waals surface area contributed by atoms with E-state index in [1.165, 1.54) is 4.90 Å². The summed E-state index contributed by atoms with van der Waals surface area (Å²) in [6.07, 6.45) is 2.00. The van der Waals surface area contributed by atoms with E-state index in [1.54, 1.807) is 24.5 Å². The van der Waals surface area contributed by atoms with Gasteiger partial charge in [0.2, 0.25) is 5.91 Å². The van der Waals surface area contributed by atoms with Gasteiger partial charge in [-0.1, -0.05) is 18.2 Å². The first kappa shape index (κ1) is 21.9. The molecule has 0 saturated carbocycles. The minimum absolute atomic E-state index is 0.0985. The lowest BCUT2D eigenvalue weighted by Crippen LogP contribution is -2.52. The summed E-state index contributed by atoms with van der Waals surface area (Å²) in [7, 11) is 1.66. The van der Waals surface area contributed by atoms with Crippen LogP contribution < -0.4 is 5.73 Å². The second-order valence-electron chi connectivity index (χ2n) is 8.64. The largest absolute Gasteiger partial charge is 0.369 e. The number of hydrogen-bond acceptors (Lipinski definition) is 6. The standard InChI is InChI=1S/C26H24N6OS/c1-4-32-14-19-11-18(8-9-21(19)30-32)23-24(33)31(3)25(28)29-26(23,2)22-12-20(15-34-22)17-7-5-6-16(10-17)13-27/h5-12,14-15,23H,4H2,1-3H3,(H2,28,29)/t23-,26+/m0/s1. The van der Waals surface area contributed by atoms with Crippen LogP contribution in [0.2, 0.25) is 0 Å². The number of carbonyl (C=O) groups excluding carboxylic acids is 1. The molecule has 5 rings (SSSR count). The molecule has 2 aromatic heterocycles. The van der Waals surface area contributed by atoms with Gasteiger partial charge in [-0.05, 0) is 66.2 Å². The molecular formula is C26H24N6OS. The molecule has 0 radical (unpaired) electrons. The Kier molecular flexibility index (Phi) is 5.22. The molecule has 4 aromatic rings. The van der Waals surface area contributed by atoms with Gasteiger partial charge >= 0.3 is 0 Å². The van der Waals surface area contributed by atoms with Crippen LogP contribution in [0.15, 0.2) is 65.1 Å². The van der Waals surface area contributed by atoms with Crippen molar-refractivity contribution < 1.29 is 4.79 Å². The van der Waals surface area contributed by atoms with E-state index in [-0.39, 0.29) is 11.9 Å². The van der Waals surface area contributed by atoms with Gasteiger partial charge in [-0.15, -0.1) is 11.3 Å². The van der Waals surface area contributed by atoms with Crippen LogP contribution in [0.4, 0.5) is 0 Å². The zero-order chi connectivity index (χ0) is 24.0. The fourth-order valence-electron chi connectivity index (χ4n) is 4.55. The Morgan fingerprint density at radius 3 is 2.79 bits per heavy atom. The molecule has 0 spiro atoms. The number of aryl methyl sites for hydroxylation is 1. The van der Waals surface area contributed by atoms with Gasteiger partial charge in [-0.25, -0.2) is 4.99 Å². The lowest BCUT2D eigenvalue weighted by atomic mass is 9.77. The molecule has 1 amide bonds. The second-order valence-corrected chi connectivity index (χ2v) is 9.55. The van der Waals surface area contributed by atoms with Crippen LogP contribution in [-0.2, 0) is 16.9 Å². The molecule has 2 aromatic carbocycles. The Bertz CT molecular complexity index is 1490. The summed E-state index contributed by atoms with van der Waals surface area (Å²) in [5.74, 6) is -0.445. The molecule has 0 unspecified atom stereocenters. The third kappa shape index (κ3) is 3.45. The fraction of sp³-hybridized carbons (Fsp3) is 0.231. The number of thiophene rings is 1. The summed E-state index contributed by atoms with van der Waals surface area (Å²) < 4.78 is 1.89. The number of likely N-dealkylation sites (N-methyl/N-ethyl adjacent to an activating group) is 1. The Hall–Kier alpha value is -3.96. The molecule has 3 heterocycles. The maximum absolute atomic E-state index is 13.6. The lowest BCUT2D eigenvalue weighted by Gasteiger charge is -2.40. The molecule has 0 bridgehead atoms. The number of aromatic nitrogens is 2. The number of rotatable bonds is 4. The summed E-state index contributed by atoms with van der Waals surface area (Å²) in [6.45, 7) is 4.79. The van der Waals surface area contributed by atoms with E-state index in [0.717, 1.165) is 39.0 Å². The van der Waals surface area contributed by atoms with Gasteiger partial charge in [0.1, 0.15) is 5.54 Å². The summed E-state index contributed by atoms with van der Waals surface area (Å²) in [5.41, 5.74) is 9.63. The number of carbonyl (C=O) groups is 1. The van der Waals surface area contributed by atoms with E-state index >= 15 is 0 Å². The highest BCUT2D eigenvalue weighted by molar-refractivity contribution is 7.10. The predicted molar refractivity (Wildman–Crippen MR) is 134 cm³/mol. The predicted octanol–water partition coefficient (Wildman–Crippen LogP) is 4.44. The zero-order valence-corrected chi connectivity index (χ0v) is 20.0. The number of amides is 1. The topological polar surface area (TPSA) is 100 Å². The van der Waals surface area contributed by atoms with Crippen molar-refractivity contribution in [3.63, 3.8) is 0 Å². The first-order valence-electron chi connectivity index (χ1n) is 11.0. The molecule has 7 nitrogen and oxygen atoms in total. The summed E-state index contributed by atoms with van der Waals surface area (Å²) >= 11 is 1.55. The van der Waals surface area contributed by atoms with Crippen LogP contribution in [0.1, 0.15) is 35.8 Å². The Balaban J connectivity index is 1.63. The van der Waals surface area contributed by atoms with E-state index in [0.29, 0.717) is 5.56 Å². The van der Waals surface area contributed by atoms with Crippen molar-refractivity contribution in [2.75, 3.05) is 7.05 Å². The highest BCUT2D eigenvalue weighted by atomic mass is 32.1. The molecule has 8 heteroatoms. The molecule has 2 atom stereocenters. The van der Waals surface area contributed by atoms with Crippen molar-refractivity contribution in [1.29, 1.82) is 5.26 Å². The van der Waals surface area contributed by atoms with Crippen molar-refractivity contribution >= 4 is 34.1 Å². The maximum atomic E-state index is 13.6. The minimum atomic E-state index is -0.877. The van der Waals surface area contributed by atoms with Crippen molar-refractivity contribution in [3.05, 3.63) is 76.1 Å². The highest BCUT2D eigenvalue weighted by Crippen LogP contribution is 2.47. The number of guanidine groups is 1. The van der Waals surface area contributed by atoms with E-state index < -0.39 is 11.5 Å². The van der Waals surface area contributed by atoms with E-state index in [1.807, 2.05) is 66.5 Å². The van der Waals surface area contributed by atoms with E-state index in [2.05, 4.69) is 17.2 Å². The quantitative estimate of drug-likeness (QED) is 0.478. The molecule has 2 N–H and O–H groups in total. The van der Waals surface area contributed by atoms with Gasteiger partial charge in [0, 0.05) is 30.1 Å². The number of nitriles is 1. The molecule has 0 aliphatic carbocycles. The molecule has 0 saturated heterocycles. The zero-order valence-electron chi connectivity index (χ0n) is 19.2. The van der Waals surface area contributed by atoms with Gasteiger partial charge in [0.25, 0.3) is 0 Å². The van der Waals surface area contributed by atoms with E-state index in [9.17, 15) is 10.1 Å². The highest BCUT2D eigenvalue weighted by Gasteiger charge is 2.48. The fourth-order valence-corrected chi connectivity index (χ4v) is 5.60. The average Bonchev–Trinajstić information content (AvgIpc) is 3.50. The summed E-state index contributed by atoms with van der Waals surface area (Å²) in [5, 5.41) is 16.9. The molecular weight excluding hydrogens is 444 g/mol. The van der Waals surface area contributed by atoms with Crippen LogP contribution in [0.3, 0.4) is 0 Å². The number of aliphatic imine (C=N–C) groups is 1. The van der Waals surface area contributed by atoms with Crippen LogP contribution in [0, 0.1) is 11.3 Å². The normalized spacial score (nSPS) is 20.4. The van der Waals surface area contributed by atoms with Gasteiger partial charge in [-0.3, -0.25) is 14.4 Å². The van der Waals surface area contributed by atoms with Gasteiger partial charge < -0.3 is 5.73 Å². The second kappa shape index (κ2) is 8.12. The SMILES string of the molecule is CCn1cc2cc([C@H]3C(=O)N(C)C(N)=N[C@]3(C)c3cc(-c4cccc(C#N)c4)cs3)ccc2n1. The van der Waals surface area contributed by atoms with Gasteiger partial charge in [0.05, 0.1) is 23.1 Å². The number of fused-ring (bicyclic) bond motifs is 1. The van der Waals surface area contributed by atoms with Crippen LogP contribution >= 0.6 is 11.3 Å². The monoisotopic (exact) mass is 468 g/mol. The molecule has 170 valence electrons. The molecule has 1 aliphatic heterocycles. The van der Waals surface area contributed by atoms with Crippen molar-refractivity contribution in [2.45, 2.75) is 31.8 Å². The van der Waals surface area contributed by atoms with Crippen molar-refractivity contribution in [1.82, 2.24) is 14.7 Å². The van der Waals surface area contributed by atoms with Gasteiger partial charge in [-0.2, -0.15) is 10.4 Å². The number of nitrogens with two attached hydrogens (primary N) is 1. The van der Waals surface area contributed by atoms with Crippen molar-refractivity contribution in [3.8, 4) is 17.2 Å². The van der Waals surface area contributed by atoms with Crippen LogP contribution in [0.5, 0.6) is 0 Å². The van der Waals surface area contributed by atoms with Gasteiger partial charge in [0.15, 0.2) is 5.96 Å². The average molecular weight is 469 g/mol. The Morgan fingerprint density at radius 2 is 2.03 bits per heavy atom. The third-order valence-corrected chi connectivity index (χ3v) is 7.64. The molecule has 34 heavy (non-hydrogen) atoms. The minimum Gasteiger partial charge on any atom is -0.369 e. The molecule has 0 fully saturated rings. The number of benzene rings is 2. The summed E-state index contributed by atoms with van der Waals surface area (Å²) in [4.78, 5) is 20.8.